The van der Waals surface area contributed by atoms with Crippen molar-refractivity contribution in [3.8, 4) is 0 Å². The van der Waals surface area contributed by atoms with Crippen LogP contribution in [0.15, 0.2) is 6.07 Å². The summed E-state index contributed by atoms with van der Waals surface area (Å²) in [6, 6.07) is 1.82. The molecule has 0 atom stereocenters. The van der Waals surface area contributed by atoms with Gasteiger partial charge in [-0.1, -0.05) is 0 Å². The Morgan fingerprint density at radius 1 is 1.44 bits per heavy atom. The molecule has 1 aromatic heterocycles. The summed E-state index contributed by atoms with van der Waals surface area (Å²) in [7, 11) is 0. The molecule has 0 bridgehead atoms. The zero-order chi connectivity index (χ0) is 11.7. The Labute approximate surface area is 98.3 Å². The number of hydrogen-bond acceptors (Lipinski definition) is 3. The highest BCUT2D eigenvalue weighted by Crippen LogP contribution is 2.22. The number of imide groups is 1. The van der Waals surface area contributed by atoms with E-state index < -0.39 is 0 Å². The molecule has 2 rings (SSSR count). The molecule has 5 heteroatoms. The number of carbonyl (C=O) groups is 2. The molecule has 1 N–H and O–H groups in total. The molecule has 1 aromatic rings. The van der Waals surface area contributed by atoms with E-state index in [1.165, 1.54) is 15.3 Å². The number of rotatable bonds is 2. The number of carbonyl (C=O) groups excluding carboxylic acids is 2. The summed E-state index contributed by atoms with van der Waals surface area (Å²) in [5, 5.41) is 2.32. The summed E-state index contributed by atoms with van der Waals surface area (Å²) in [5.74, 6) is -0.181. The molecule has 1 aliphatic heterocycles. The Morgan fingerprint density at radius 3 is 2.75 bits per heavy atom. The van der Waals surface area contributed by atoms with E-state index in [9.17, 15) is 9.59 Å². The Balaban J connectivity index is 2.04. The molecular formula is C11H14N2O2S. The van der Waals surface area contributed by atoms with Crippen LogP contribution in [0.2, 0.25) is 0 Å². The highest BCUT2D eigenvalue weighted by Gasteiger charge is 2.23. The summed E-state index contributed by atoms with van der Waals surface area (Å²) < 4.78 is 0. The Morgan fingerprint density at radius 2 is 2.19 bits per heavy atom. The van der Waals surface area contributed by atoms with Crippen molar-refractivity contribution >= 4 is 23.3 Å². The van der Waals surface area contributed by atoms with E-state index >= 15 is 0 Å². The van der Waals surface area contributed by atoms with Crippen molar-refractivity contribution in [1.29, 1.82) is 0 Å². The highest BCUT2D eigenvalue weighted by molar-refractivity contribution is 7.12. The minimum atomic E-state index is -0.278. The molecule has 2 heterocycles. The largest absolute Gasteiger partial charge is 0.324 e. The molecule has 16 heavy (non-hydrogen) atoms. The molecule has 86 valence electrons. The zero-order valence-electron chi connectivity index (χ0n) is 9.37. The lowest BCUT2D eigenvalue weighted by Gasteiger charge is -2.25. The van der Waals surface area contributed by atoms with E-state index in [0.29, 0.717) is 19.5 Å². The first kappa shape index (κ1) is 11.1. The number of amides is 3. The minimum absolute atomic E-state index is 0.181. The fourth-order valence-corrected chi connectivity index (χ4v) is 2.73. The summed E-state index contributed by atoms with van der Waals surface area (Å²) >= 11 is 1.70. The molecule has 1 saturated heterocycles. The van der Waals surface area contributed by atoms with Crippen LogP contribution in [0.25, 0.3) is 0 Å². The number of hydrogen-bond donors (Lipinski definition) is 1. The molecule has 1 aliphatic rings. The molecule has 4 nitrogen and oxygen atoms in total. The Bertz CT molecular complexity index is 420. The third kappa shape index (κ3) is 2.24. The van der Waals surface area contributed by atoms with E-state index in [0.717, 1.165) is 0 Å². The summed E-state index contributed by atoms with van der Waals surface area (Å²) in [6.45, 7) is 5.25. The van der Waals surface area contributed by atoms with Crippen LogP contribution in [0.5, 0.6) is 0 Å². The normalized spacial score (nSPS) is 16.5. The smallest absolute Gasteiger partial charge is 0.319 e. The number of thiophene rings is 1. The van der Waals surface area contributed by atoms with Gasteiger partial charge in [0.25, 0.3) is 0 Å². The maximum Gasteiger partial charge on any atom is 0.324 e. The number of urea groups is 1. The van der Waals surface area contributed by atoms with E-state index in [4.69, 9.17) is 0 Å². The van der Waals surface area contributed by atoms with E-state index in [-0.39, 0.29) is 11.9 Å². The van der Waals surface area contributed by atoms with E-state index in [1.807, 2.05) is 0 Å². The lowest BCUT2D eigenvalue weighted by molar-refractivity contribution is -0.121. The molecule has 0 spiro atoms. The quantitative estimate of drug-likeness (QED) is 0.854. The second-order valence-corrected chi connectivity index (χ2v) is 5.32. The molecule has 0 unspecified atom stereocenters. The van der Waals surface area contributed by atoms with Crippen LogP contribution in [0, 0.1) is 13.8 Å². The maximum atomic E-state index is 11.5. The predicted molar refractivity (Wildman–Crippen MR) is 62.4 cm³/mol. The van der Waals surface area contributed by atoms with Gasteiger partial charge in [-0.15, -0.1) is 11.3 Å². The van der Waals surface area contributed by atoms with Crippen LogP contribution >= 0.6 is 11.3 Å². The fourth-order valence-electron chi connectivity index (χ4n) is 1.67. The standard InChI is InChI=1S/C11H14N2O2S/c1-7-5-9(16-8(7)2)6-13-4-3-10(14)12-11(13)15/h5H,3-4,6H2,1-2H3,(H,12,14,15). The molecule has 0 saturated carbocycles. The van der Waals surface area contributed by atoms with E-state index in [2.05, 4.69) is 25.2 Å². The number of nitrogens with zero attached hydrogens (tertiary/aromatic N) is 1. The van der Waals surface area contributed by atoms with Crippen molar-refractivity contribution in [3.63, 3.8) is 0 Å². The van der Waals surface area contributed by atoms with Crippen LogP contribution in [-0.4, -0.2) is 23.4 Å². The second-order valence-electron chi connectivity index (χ2n) is 3.98. The SMILES string of the molecule is Cc1cc(CN2CCC(=O)NC2=O)sc1C. The van der Waals surface area contributed by atoms with Crippen molar-refractivity contribution in [2.75, 3.05) is 6.54 Å². The number of aryl methyl sites for hydroxylation is 2. The molecular weight excluding hydrogens is 224 g/mol. The van der Waals surface area contributed by atoms with Crippen LogP contribution in [0.1, 0.15) is 21.7 Å². The average molecular weight is 238 g/mol. The summed E-state index contributed by atoms with van der Waals surface area (Å²) in [4.78, 5) is 26.6. The second kappa shape index (κ2) is 4.25. The lowest BCUT2D eigenvalue weighted by Crippen LogP contribution is -2.48. The van der Waals surface area contributed by atoms with Crippen LogP contribution in [0.4, 0.5) is 4.79 Å². The lowest BCUT2D eigenvalue weighted by atomic mass is 10.2. The minimum Gasteiger partial charge on any atom is -0.319 e. The maximum absolute atomic E-state index is 11.5. The molecule has 0 radical (unpaired) electrons. The number of nitrogens with one attached hydrogen (secondary N) is 1. The highest BCUT2D eigenvalue weighted by atomic mass is 32.1. The monoisotopic (exact) mass is 238 g/mol. The van der Waals surface area contributed by atoms with Crippen molar-refractivity contribution in [2.24, 2.45) is 0 Å². The van der Waals surface area contributed by atoms with Crippen molar-refractivity contribution in [3.05, 3.63) is 21.4 Å². The van der Waals surface area contributed by atoms with Gasteiger partial charge in [0.15, 0.2) is 0 Å². The summed E-state index contributed by atoms with van der Waals surface area (Å²) in [5.41, 5.74) is 1.26. The van der Waals surface area contributed by atoms with Gasteiger partial charge in [-0.3, -0.25) is 10.1 Å². The van der Waals surface area contributed by atoms with Crippen molar-refractivity contribution in [2.45, 2.75) is 26.8 Å². The topological polar surface area (TPSA) is 49.4 Å². The zero-order valence-corrected chi connectivity index (χ0v) is 10.2. The van der Waals surface area contributed by atoms with Crippen molar-refractivity contribution < 1.29 is 9.59 Å². The van der Waals surface area contributed by atoms with Crippen molar-refractivity contribution in [1.82, 2.24) is 10.2 Å². The first-order valence-electron chi connectivity index (χ1n) is 5.21. The van der Waals surface area contributed by atoms with Gasteiger partial charge < -0.3 is 4.90 Å². The van der Waals surface area contributed by atoms with Crippen LogP contribution < -0.4 is 5.32 Å². The molecule has 3 amide bonds. The first-order valence-corrected chi connectivity index (χ1v) is 6.02. The van der Waals surface area contributed by atoms with Crippen LogP contribution in [-0.2, 0) is 11.3 Å². The van der Waals surface area contributed by atoms with Crippen LogP contribution in [0.3, 0.4) is 0 Å². The Kier molecular flexibility index (Phi) is 2.96. The van der Waals surface area contributed by atoms with Gasteiger partial charge >= 0.3 is 6.03 Å². The summed E-state index contributed by atoms with van der Waals surface area (Å²) in [6.07, 6.45) is 0.398. The van der Waals surface area contributed by atoms with Gasteiger partial charge in [-0.25, -0.2) is 4.79 Å². The molecule has 0 aromatic carbocycles. The van der Waals surface area contributed by atoms with Gasteiger partial charge in [0, 0.05) is 22.7 Å². The fraction of sp³-hybridized carbons (Fsp3) is 0.455. The predicted octanol–water partition coefficient (Wildman–Crippen LogP) is 1.81. The van der Waals surface area contributed by atoms with Gasteiger partial charge in [-0.2, -0.15) is 0 Å². The first-order chi connectivity index (χ1) is 7.56. The Hall–Kier alpha value is -1.36. The van der Waals surface area contributed by atoms with Gasteiger partial charge in [-0.05, 0) is 25.5 Å². The third-order valence-corrected chi connectivity index (χ3v) is 3.84. The molecule has 0 aliphatic carbocycles. The molecule has 1 fully saturated rings. The van der Waals surface area contributed by atoms with Gasteiger partial charge in [0.2, 0.25) is 5.91 Å². The van der Waals surface area contributed by atoms with Gasteiger partial charge in [0.1, 0.15) is 0 Å². The average Bonchev–Trinajstić information content (AvgIpc) is 2.51. The van der Waals surface area contributed by atoms with Gasteiger partial charge in [0.05, 0.1) is 6.54 Å². The van der Waals surface area contributed by atoms with E-state index in [1.54, 1.807) is 16.2 Å². The third-order valence-electron chi connectivity index (χ3n) is 2.71.